The summed E-state index contributed by atoms with van der Waals surface area (Å²) in [6.45, 7) is 4.90. The number of nitrogens with zero attached hydrogens (tertiary/aromatic N) is 4. The second kappa shape index (κ2) is 9.60. The predicted octanol–water partition coefficient (Wildman–Crippen LogP) is 4.38. The van der Waals surface area contributed by atoms with Gasteiger partial charge in [-0.2, -0.15) is 9.97 Å². The average molecular weight is 457 g/mol. The van der Waals surface area contributed by atoms with E-state index in [1.54, 1.807) is 31.6 Å². The molecule has 3 aromatic rings. The van der Waals surface area contributed by atoms with Gasteiger partial charge in [0.05, 0.1) is 35.4 Å². The fraction of sp³-hybridized carbons (Fsp3) is 0.391. The molecule has 1 fully saturated rings. The smallest absolute Gasteiger partial charge is 0.316 e. The molecule has 32 heavy (non-hydrogen) atoms. The Bertz CT molecular complexity index is 1070. The number of amides is 1. The Morgan fingerprint density at radius 1 is 1.25 bits per heavy atom. The van der Waals surface area contributed by atoms with Crippen molar-refractivity contribution < 1.29 is 18.7 Å². The highest BCUT2D eigenvalue weighted by Gasteiger charge is 2.35. The summed E-state index contributed by atoms with van der Waals surface area (Å²) in [5.74, 6) is 0.350. The Morgan fingerprint density at radius 2 is 1.97 bits per heavy atom. The van der Waals surface area contributed by atoms with E-state index in [9.17, 15) is 9.18 Å². The second-order valence-electron chi connectivity index (χ2n) is 7.82. The Hall–Kier alpha value is -3.07. The Balaban J connectivity index is 1.56. The maximum atomic E-state index is 13.6. The number of carbonyl (C=O) groups is 1. The van der Waals surface area contributed by atoms with Gasteiger partial charge in [0, 0.05) is 6.54 Å². The third-order valence-electron chi connectivity index (χ3n) is 5.64. The van der Waals surface area contributed by atoms with Crippen LogP contribution in [-0.4, -0.2) is 52.1 Å². The third kappa shape index (κ3) is 4.72. The molecule has 0 aliphatic carbocycles. The summed E-state index contributed by atoms with van der Waals surface area (Å²) in [5.41, 5.74) is 1.18. The normalized spacial score (nSPS) is 18.4. The molecule has 7 nitrogen and oxygen atoms in total. The summed E-state index contributed by atoms with van der Waals surface area (Å²) in [4.78, 5) is 29.0. The molecule has 0 radical (unpaired) electrons. The summed E-state index contributed by atoms with van der Waals surface area (Å²) >= 11 is 1.44. The van der Waals surface area contributed by atoms with E-state index in [0.29, 0.717) is 18.0 Å². The molecule has 1 aliphatic heterocycles. The summed E-state index contributed by atoms with van der Waals surface area (Å²) in [7, 11) is 1.55. The van der Waals surface area contributed by atoms with Gasteiger partial charge in [0.2, 0.25) is 0 Å². The van der Waals surface area contributed by atoms with E-state index in [0.717, 1.165) is 28.3 Å². The molecule has 168 valence electrons. The first-order chi connectivity index (χ1) is 15.5. The van der Waals surface area contributed by atoms with Gasteiger partial charge in [-0.25, -0.2) is 9.37 Å². The summed E-state index contributed by atoms with van der Waals surface area (Å²) in [6.07, 6.45) is 5.00. The number of rotatable bonds is 6. The first-order valence-electron chi connectivity index (χ1n) is 10.5. The molecule has 0 unspecified atom stereocenters. The van der Waals surface area contributed by atoms with Crippen molar-refractivity contribution in [1.29, 1.82) is 0 Å². The highest BCUT2D eigenvalue weighted by molar-refractivity contribution is 7.15. The molecule has 2 aromatic heterocycles. The molecule has 1 aliphatic rings. The topological polar surface area (TPSA) is 77.4 Å². The van der Waals surface area contributed by atoms with Gasteiger partial charge in [0.15, 0.2) is 5.75 Å². The van der Waals surface area contributed by atoms with Crippen molar-refractivity contribution in [2.75, 3.05) is 20.3 Å². The molecule has 0 spiro atoms. The maximum Gasteiger partial charge on any atom is 0.316 e. The number of aryl methyl sites for hydroxylation is 1. The van der Waals surface area contributed by atoms with Gasteiger partial charge in [-0.3, -0.25) is 4.79 Å². The lowest BCUT2D eigenvalue weighted by Gasteiger charge is -2.39. The van der Waals surface area contributed by atoms with Gasteiger partial charge in [0.1, 0.15) is 18.1 Å². The molecule has 3 heterocycles. The third-order valence-corrected chi connectivity index (χ3v) is 6.66. The van der Waals surface area contributed by atoms with Crippen LogP contribution in [0.25, 0.3) is 10.4 Å². The Morgan fingerprint density at radius 3 is 2.66 bits per heavy atom. The van der Waals surface area contributed by atoms with Crippen molar-refractivity contribution in [1.82, 2.24) is 19.9 Å². The van der Waals surface area contributed by atoms with Crippen molar-refractivity contribution in [2.45, 2.75) is 32.7 Å². The van der Waals surface area contributed by atoms with Crippen LogP contribution in [0.15, 0.2) is 36.7 Å². The summed E-state index contributed by atoms with van der Waals surface area (Å²) < 4.78 is 24.3. The van der Waals surface area contributed by atoms with Crippen molar-refractivity contribution in [3.63, 3.8) is 0 Å². The van der Waals surface area contributed by atoms with E-state index < -0.39 is 0 Å². The van der Waals surface area contributed by atoms with E-state index in [4.69, 9.17) is 9.47 Å². The SMILES string of the molecule is COc1cnc(OC[C@@H]2[C@H](C)CCCN2C(=O)c2nc(C)sc2-c2ccc(F)cc2)nc1. The zero-order valence-corrected chi connectivity index (χ0v) is 19.1. The van der Waals surface area contributed by atoms with E-state index >= 15 is 0 Å². The summed E-state index contributed by atoms with van der Waals surface area (Å²) in [5, 5.41) is 0.789. The number of methoxy groups -OCH3 is 1. The van der Waals surface area contributed by atoms with Gasteiger partial charge in [-0.05, 0) is 43.4 Å². The van der Waals surface area contributed by atoms with Crippen LogP contribution in [0, 0.1) is 18.7 Å². The molecule has 9 heteroatoms. The first-order valence-corrected chi connectivity index (χ1v) is 11.3. The standard InChI is InChI=1S/C23H25FN4O3S/c1-14-5-4-10-28(19(14)13-31-23-25-11-18(30-3)12-26-23)22(29)20-21(32-15(2)27-20)16-6-8-17(24)9-7-16/h6-9,11-12,14,19H,4-5,10,13H2,1-3H3/t14-,19-/m1/s1. The van der Waals surface area contributed by atoms with E-state index in [1.165, 1.54) is 23.5 Å². The Labute approximate surface area is 190 Å². The highest BCUT2D eigenvalue weighted by atomic mass is 32.1. The number of halogens is 1. The molecule has 0 bridgehead atoms. The van der Waals surface area contributed by atoms with Gasteiger partial charge in [0.25, 0.3) is 5.91 Å². The van der Waals surface area contributed by atoms with Gasteiger partial charge >= 0.3 is 6.01 Å². The number of piperidine rings is 1. The van der Waals surface area contributed by atoms with Crippen LogP contribution >= 0.6 is 11.3 Å². The minimum absolute atomic E-state index is 0.134. The van der Waals surface area contributed by atoms with E-state index in [-0.39, 0.29) is 36.3 Å². The number of benzene rings is 1. The highest BCUT2D eigenvalue weighted by Crippen LogP contribution is 2.33. The lowest BCUT2D eigenvalue weighted by molar-refractivity contribution is 0.0377. The van der Waals surface area contributed by atoms with Crippen molar-refractivity contribution in [3.8, 4) is 22.2 Å². The van der Waals surface area contributed by atoms with Crippen molar-refractivity contribution in [2.24, 2.45) is 5.92 Å². The zero-order valence-electron chi connectivity index (χ0n) is 18.2. The minimum atomic E-state index is -0.314. The fourth-order valence-electron chi connectivity index (χ4n) is 3.90. The molecule has 1 amide bonds. The molecule has 2 atom stereocenters. The van der Waals surface area contributed by atoms with Crippen LogP contribution < -0.4 is 9.47 Å². The van der Waals surface area contributed by atoms with Crippen LogP contribution in [0.2, 0.25) is 0 Å². The molecular formula is C23H25FN4O3S. The van der Waals surface area contributed by atoms with Crippen molar-refractivity contribution in [3.05, 3.63) is 53.2 Å². The van der Waals surface area contributed by atoms with Crippen molar-refractivity contribution >= 4 is 17.2 Å². The lowest BCUT2D eigenvalue weighted by atomic mass is 9.91. The molecule has 4 rings (SSSR count). The molecule has 1 aromatic carbocycles. The quantitative estimate of drug-likeness (QED) is 0.548. The number of hydrogen-bond donors (Lipinski definition) is 0. The second-order valence-corrected chi connectivity index (χ2v) is 9.02. The Kier molecular flexibility index (Phi) is 6.64. The average Bonchev–Trinajstić information content (AvgIpc) is 3.20. The largest absolute Gasteiger partial charge is 0.494 e. The van der Waals surface area contributed by atoms with Crippen LogP contribution in [0.4, 0.5) is 4.39 Å². The lowest BCUT2D eigenvalue weighted by Crippen LogP contribution is -2.50. The monoisotopic (exact) mass is 456 g/mol. The molecule has 0 saturated carbocycles. The number of likely N-dealkylation sites (tertiary alicyclic amines) is 1. The maximum absolute atomic E-state index is 13.6. The predicted molar refractivity (Wildman–Crippen MR) is 120 cm³/mol. The van der Waals surface area contributed by atoms with E-state index in [2.05, 4.69) is 21.9 Å². The van der Waals surface area contributed by atoms with Crippen LogP contribution in [0.1, 0.15) is 35.3 Å². The zero-order chi connectivity index (χ0) is 22.7. The van der Waals surface area contributed by atoms with Gasteiger partial charge in [-0.1, -0.05) is 19.1 Å². The van der Waals surface area contributed by atoms with Crippen LogP contribution in [0.5, 0.6) is 11.8 Å². The van der Waals surface area contributed by atoms with Crippen LogP contribution in [0.3, 0.4) is 0 Å². The van der Waals surface area contributed by atoms with Crippen LogP contribution in [-0.2, 0) is 0 Å². The van der Waals surface area contributed by atoms with Gasteiger partial charge in [-0.15, -0.1) is 11.3 Å². The molecule has 0 N–H and O–H groups in total. The minimum Gasteiger partial charge on any atom is -0.494 e. The summed E-state index contributed by atoms with van der Waals surface area (Å²) in [6, 6.07) is 6.26. The van der Waals surface area contributed by atoms with E-state index in [1.807, 2.05) is 11.8 Å². The number of ether oxygens (including phenoxy) is 2. The number of carbonyl (C=O) groups excluding carboxylic acids is 1. The first kappa shape index (κ1) is 22.1. The number of hydrogen-bond acceptors (Lipinski definition) is 7. The fourth-order valence-corrected chi connectivity index (χ4v) is 4.82. The number of thiazole rings is 1. The number of aromatic nitrogens is 3. The molecule has 1 saturated heterocycles. The molecular weight excluding hydrogens is 431 g/mol. The van der Waals surface area contributed by atoms with Gasteiger partial charge < -0.3 is 14.4 Å².